The molecule has 0 bridgehead atoms. The first-order valence-corrected chi connectivity index (χ1v) is 10.8. The predicted octanol–water partition coefficient (Wildman–Crippen LogP) is 6.25. The number of piperidine rings is 1. The van der Waals surface area contributed by atoms with Gasteiger partial charge in [-0.25, -0.2) is 9.78 Å². The minimum absolute atomic E-state index is 0.0825. The Morgan fingerprint density at radius 3 is 2.71 bits per heavy atom. The Kier molecular flexibility index (Phi) is 6.81. The van der Waals surface area contributed by atoms with E-state index in [0.29, 0.717) is 24.5 Å². The molecule has 6 nitrogen and oxygen atoms in total. The zero-order valence-corrected chi connectivity index (χ0v) is 18.4. The van der Waals surface area contributed by atoms with Crippen LogP contribution in [0, 0.1) is 5.92 Å². The number of carbonyl (C=O) groups is 1. The zero-order valence-electron chi connectivity index (χ0n) is 18.4. The molecule has 1 saturated heterocycles. The van der Waals surface area contributed by atoms with Crippen LogP contribution >= 0.6 is 0 Å². The van der Waals surface area contributed by atoms with E-state index in [4.69, 9.17) is 4.74 Å². The molecular formula is C25H23F3N4O2. The van der Waals surface area contributed by atoms with Crippen LogP contribution in [0.5, 0.6) is 11.6 Å². The van der Waals surface area contributed by atoms with Crippen molar-refractivity contribution in [2.75, 3.05) is 18.4 Å². The maximum atomic E-state index is 12.7. The van der Waals surface area contributed by atoms with Gasteiger partial charge in [0.25, 0.3) is 0 Å². The average Bonchev–Trinajstić information content (AvgIpc) is 2.81. The first-order valence-electron chi connectivity index (χ1n) is 10.8. The third kappa shape index (κ3) is 5.92. The number of alkyl halides is 3. The molecule has 1 aliphatic heterocycles. The normalized spacial score (nSPS) is 17.5. The molecule has 1 atom stereocenters. The Balaban J connectivity index is 1.39. The third-order valence-electron chi connectivity index (χ3n) is 5.49. The van der Waals surface area contributed by atoms with Crippen LogP contribution in [-0.4, -0.2) is 34.0 Å². The molecular weight excluding hydrogens is 445 g/mol. The second kappa shape index (κ2) is 9.94. The number of nitrogens with zero attached hydrogens (tertiary/aromatic N) is 3. The van der Waals surface area contributed by atoms with Crippen LogP contribution in [0.15, 0.2) is 72.7 Å². The van der Waals surface area contributed by atoms with Crippen molar-refractivity contribution < 1.29 is 22.7 Å². The van der Waals surface area contributed by atoms with Gasteiger partial charge in [0.15, 0.2) is 0 Å². The van der Waals surface area contributed by atoms with Crippen LogP contribution in [0.1, 0.15) is 24.5 Å². The van der Waals surface area contributed by atoms with Gasteiger partial charge in [-0.3, -0.25) is 4.98 Å². The zero-order chi connectivity index (χ0) is 24.1. The smallest absolute Gasteiger partial charge is 0.417 e. The topological polar surface area (TPSA) is 67.4 Å². The molecule has 1 unspecified atom stereocenters. The molecule has 0 radical (unpaired) electrons. The highest BCUT2D eigenvalue weighted by atomic mass is 19.4. The maximum absolute atomic E-state index is 12.7. The van der Waals surface area contributed by atoms with Crippen molar-refractivity contribution in [3.63, 3.8) is 0 Å². The minimum Gasteiger partial charge on any atom is -0.439 e. The fourth-order valence-corrected chi connectivity index (χ4v) is 3.70. The summed E-state index contributed by atoms with van der Waals surface area (Å²) < 4.78 is 43.7. The van der Waals surface area contributed by atoms with Crippen molar-refractivity contribution in [2.45, 2.75) is 19.5 Å². The van der Waals surface area contributed by atoms with E-state index in [1.54, 1.807) is 41.6 Å². The van der Waals surface area contributed by atoms with E-state index in [9.17, 15) is 18.0 Å². The summed E-state index contributed by atoms with van der Waals surface area (Å²) in [6.45, 7) is 3.25. The van der Waals surface area contributed by atoms with Crippen LogP contribution in [-0.2, 0) is 6.18 Å². The highest BCUT2D eigenvalue weighted by Crippen LogP contribution is 2.31. The first-order chi connectivity index (χ1) is 16.3. The van der Waals surface area contributed by atoms with Gasteiger partial charge in [-0.15, -0.1) is 0 Å². The number of rotatable bonds is 4. The van der Waals surface area contributed by atoms with E-state index in [-0.39, 0.29) is 17.8 Å². The molecule has 0 saturated carbocycles. The molecule has 2 aromatic heterocycles. The second-order valence-corrected chi connectivity index (χ2v) is 8.05. The average molecular weight is 468 g/mol. The van der Waals surface area contributed by atoms with E-state index in [0.717, 1.165) is 24.2 Å². The van der Waals surface area contributed by atoms with Gasteiger partial charge in [0.1, 0.15) is 5.75 Å². The number of nitrogens with one attached hydrogen (secondary N) is 1. The Morgan fingerprint density at radius 2 is 2.03 bits per heavy atom. The fraction of sp³-hybridized carbons (Fsp3) is 0.240. The molecule has 34 heavy (non-hydrogen) atoms. The van der Waals surface area contributed by atoms with Crippen LogP contribution in [0.25, 0.3) is 6.08 Å². The van der Waals surface area contributed by atoms with Gasteiger partial charge in [0.05, 0.1) is 17.4 Å². The molecule has 0 spiro atoms. The number of hydrogen-bond donors (Lipinski definition) is 1. The monoisotopic (exact) mass is 468 g/mol. The molecule has 2 amide bonds. The van der Waals surface area contributed by atoms with Crippen LogP contribution in [0.2, 0.25) is 0 Å². The Bertz CT molecular complexity index is 1160. The summed E-state index contributed by atoms with van der Waals surface area (Å²) in [7, 11) is 0. The third-order valence-corrected chi connectivity index (χ3v) is 5.49. The van der Waals surface area contributed by atoms with Crippen molar-refractivity contribution in [1.29, 1.82) is 0 Å². The minimum atomic E-state index is -4.44. The van der Waals surface area contributed by atoms with Crippen LogP contribution in [0.3, 0.4) is 0 Å². The predicted molar refractivity (Wildman–Crippen MR) is 122 cm³/mol. The summed E-state index contributed by atoms with van der Waals surface area (Å²) in [5.41, 5.74) is 1.93. The summed E-state index contributed by atoms with van der Waals surface area (Å²) >= 11 is 0. The Hall–Kier alpha value is -3.88. The summed E-state index contributed by atoms with van der Waals surface area (Å²) in [5.74, 6) is 0.719. The van der Waals surface area contributed by atoms with Gasteiger partial charge >= 0.3 is 12.2 Å². The van der Waals surface area contributed by atoms with Crippen LogP contribution in [0.4, 0.5) is 23.7 Å². The molecule has 9 heteroatoms. The molecule has 4 rings (SSSR count). The summed E-state index contributed by atoms with van der Waals surface area (Å²) in [5, 5.41) is 2.86. The number of halogens is 3. The number of carbonyl (C=O) groups excluding carboxylic acids is 1. The quantitative estimate of drug-likeness (QED) is 0.492. The standard InChI is InChI=1S/C25H23F3N4O2/c1-17-16-32(24(33)31-21-5-3-10-29-15-21)11-9-19(17)12-18-4-2-6-22(13-18)34-23-8-7-20(14-30-23)25(26,27)28/h2-8,10,12-15,17H,9,11,16H2,1H3,(H,31,33). The largest absolute Gasteiger partial charge is 0.439 e. The Morgan fingerprint density at radius 1 is 1.18 bits per heavy atom. The molecule has 176 valence electrons. The van der Waals surface area contributed by atoms with Gasteiger partial charge in [-0.05, 0) is 48.2 Å². The molecule has 3 heterocycles. The molecule has 1 fully saturated rings. The van der Waals surface area contributed by atoms with Crippen LogP contribution < -0.4 is 10.1 Å². The lowest BCUT2D eigenvalue weighted by Gasteiger charge is -2.33. The summed E-state index contributed by atoms with van der Waals surface area (Å²) in [6, 6.07) is 12.8. The lowest BCUT2D eigenvalue weighted by molar-refractivity contribution is -0.137. The summed E-state index contributed by atoms with van der Waals surface area (Å²) in [6.07, 6.45) is 2.35. The molecule has 1 aliphatic rings. The van der Waals surface area contributed by atoms with Crippen molar-refractivity contribution in [2.24, 2.45) is 5.92 Å². The van der Waals surface area contributed by atoms with Gasteiger partial charge in [0, 0.05) is 31.5 Å². The molecule has 1 N–H and O–H groups in total. The van der Waals surface area contributed by atoms with Crippen molar-refractivity contribution in [3.05, 3.63) is 83.8 Å². The van der Waals surface area contributed by atoms with Gasteiger partial charge in [-0.1, -0.05) is 30.7 Å². The highest BCUT2D eigenvalue weighted by Gasteiger charge is 2.30. The van der Waals surface area contributed by atoms with E-state index in [1.807, 2.05) is 12.1 Å². The maximum Gasteiger partial charge on any atom is 0.417 e. The van der Waals surface area contributed by atoms with Gasteiger partial charge < -0.3 is 15.0 Å². The SMILES string of the molecule is CC1CN(C(=O)Nc2cccnc2)CCC1=Cc1cccc(Oc2ccc(C(F)(F)F)cn2)c1. The number of amides is 2. The summed E-state index contributed by atoms with van der Waals surface area (Å²) in [4.78, 5) is 22.1. The second-order valence-electron chi connectivity index (χ2n) is 8.05. The molecule has 0 aliphatic carbocycles. The molecule has 1 aromatic carbocycles. The van der Waals surface area contributed by atoms with E-state index in [2.05, 4.69) is 28.3 Å². The number of likely N-dealkylation sites (tertiary alicyclic amines) is 1. The first kappa shape index (κ1) is 23.3. The number of ether oxygens (including phenoxy) is 1. The number of hydrogen-bond acceptors (Lipinski definition) is 4. The van der Waals surface area contributed by atoms with E-state index < -0.39 is 11.7 Å². The van der Waals surface area contributed by atoms with Crippen molar-refractivity contribution in [3.8, 4) is 11.6 Å². The number of urea groups is 1. The van der Waals surface area contributed by atoms with Gasteiger partial charge in [0.2, 0.25) is 5.88 Å². The Labute approximate surface area is 195 Å². The lowest BCUT2D eigenvalue weighted by atomic mass is 9.91. The van der Waals surface area contributed by atoms with Gasteiger partial charge in [-0.2, -0.15) is 13.2 Å². The number of pyridine rings is 2. The number of anilines is 1. The highest BCUT2D eigenvalue weighted by molar-refractivity contribution is 5.89. The van der Waals surface area contributed by atoms with Crippen molar-refractivity contribution >= 4 is 17.8 Å². The number of benzene rings is 1. The lowest BCUT2D eigenvalue weighted by Crippen LogP contribution is -2.42. The van der Waals surface area contributed by atoms with E-state index >= 15 is 0 Å². The van der Waals surface area contributed by atoms with E-state index in [1.165, 1.54) is 11.6 Å². The number of aromatic nitrogens is 2. The fourth-order valence-electron chi connectivity index (χ4n) is 3.70. The molecule has 3 aromatic rings. The van der Waals surface area contributed by atoms with Crippen molar-refractivity contribution in [1.82, 2.24) is 14.9 Å².